The van der Waals surface area contributed by atoms with E-state index < -0.39 is 5.97 Å². The SMILES string of the molecule is Cc1cc(C(=O)COC(=O)c2cccnc2Cl)c(C)n1CCc1ccc(F)cc1. The molecule has 0 unspecified atom stereocenters. The number of carbonyl (C=O) groups is 2. The lowest BCUT2D eigenvalue weighted by Gasteiger charge is -2.10. The zero-order chi connectivity index (χ0) is 21.0. The largest absolute Gasteiger partial charge is 0.454 e. The Labute approximate surface area is 173 Å². The first-order chi connectivity index (χ1) is 13.9. The van der Waals surface area contributed by atoms with Crippen LogP contribution in [0, 0.1) is 19.7 Å². The fraction of sp³-hybridized carbons (Fsp3) is 0.227. The van der Waals surface area contributed by atoms with Gasteiger partial charge in [0.25, 0.3) is 0 Å². The minimum atomic E-state index is -0.693. The lowest BCUT2D eigenvalue weighted by atomic mass is 10.1. The molecule has 7 heteroatoms. The number of hydrogen-bond donors (Lipinski definition) is 0. The highest BCUT2D eigenvalue weighted by Gasteiger charge is 2.19. The number of aryl methyl sites for hydroxylation is 2. The Morgan fingerprint density at radius 3 is 2.55 bits per heavy atom. The standard InChI is InChI=1S/C22H20ClFN2O3/c1-14-12-19(15(2)26(14)11-9-16-5-7-17(24)8-6-16)20(27)13-29-22(28)18-4-3-10-25-21(18)23/h3-8,10,12H,9,11,13H2,1-2H3. The molecule has 1 aromatic carbocycles. The van der Waals surface area contributed by atoms with E-state index in [0.717, 1.165) is 17.0 Å². The Morgan fingerprint density at radius 1 is 1.14 bits per heavy atom. The molecule has 3 rings (SSSR count). The number of aromatic nitrogens is 2. The molecule has 0 aliphatic rings. The van der Waals surface area contributed by atoms with Crippen molar-refractivity contribution in [3.05, 3.63) is 87.7 Å². The molecule has 0 atom stereocenters. The van der Waals surface area contributed by atoms with E-state index in [1.54, 1.807) is 24.3 Å². The summed E-state index contributed by atoms with van der Waals surface area (Å²) in [5.74, 6) is -1.25. The summed E-state index contributed by atoms with van der Waals surface area (Å²) in [6.07, 6.45) is 2.17. The topological polar surface area (TPSA) is 61.2 Å². The molecule has 0 aliphatic carbocycles. The van der Waals surface area contributed by atoms with Crippen molar-refractivity contribution in [3.8, 4) is 0 Å². The minimum Gasteiger partial charge on any atom is -0.454 e. The van der Waals surface area contributed by atoms with Gasteiger partial charge in [0.05, 0.1) is 5.56 Å². The lowest BCUT2D eigenvalue weighted by molar-refractivity contribution is 0.0474. The predicted molar refractivity (Wildman–Crippen MR) is 108 cm³/mol. The normalized spacial score (nSPS) is 10.8. The summed E-state index contributed by atoms with van der Waals surface area (Å²) in [5.41, 5.74) is 3.35. The molecule has 0 saturated heterocycles. The van der Waals surface area contributed by atoms with Crippen LogP contribution in [-0.4, -0.2) is 27.9 Å². The van der Waals surface area contributed by atoms with Crippen molar-refractivity contribution in [1.82, 2.24) is 9.55 Å². The third kappa shape index (κ3) is 4.90. The maximum Gasteiger partial charge on any atom is 0.341 e. The van der Waals surface area contributed by atoms with Crippen molar-refractivity contribution < 1.29 is 18.7 Å². The highest BCUT2D eigenvalue weighted by atomic mass is 35.5. The van der Waals surface area contributed by atoms with Gasteiger partial charge in [0, 0.05) is 29.7 Å². The molecule has 3 aromatic rings. The van der Waals surface area contributed by atoms with Gasteiger partial charge in [-0.15, -0.1) is 0 Å². The molecule has 0 radical (unpaired) electrons. The van der Waals surface area contributed by atoms with Crippen LogP contribution in [0.25, 0.3) is 0 Å². The maximum atomic E-state index is 13.0. The number of rotatable bonds is 7. The summed E-state index contributed by atoms with van der Waals surface area (Å²) >= 11 is 5.87. The van der Waals surface area contributed by atoms with Gasteiger partial charge in [-0.25, -0.2) is 14.2 Å². The summed E-state index contributed by atoms with van der Waals surface area (Å²) in [6, 6.07) is 11.2. The van der Waals surface area contributed by atoms with Crippen LogP contribution >= 0.6 is 11.6 Å². The number of ether oxygens (including phenoxy) is 1. The van der Waals surface area contributed by atoms with E-state index in [4.69, 9.17) is 16.3 Å². The van der Waals surface area contributed by atoms with Crippen LogP contribution < -0.4 is 0 Å². The van der Waals surface area contributed by atoms with E-state index in [-0.39, 0.29) is 28.9 Å². The molecular formula is C22H20ClFN2O3. The molecule has 0 saturated carbocycles. The van der Waals surface area contributed by atoms with Gasteiger partial charge in [-0.2, -0.15) is 0 Å². The van der Waals surface area contributed by atoms with Crippen LogP contribution in [0.3, 0.4) is 0 Å². The smallest absolute Gasteiger partial charge is 0.341 e. The zero-order valence-electron chi connectivity index (χ0n) is 16.1. The zero-order valence-corrected chi connectivity index (χ0v) is 16.9. The molecular weight excluding hydrogens is 395 g/mol. The van der Waals surface area contributed by atoms with Gasteiger partial charge in [-0.3, -0.25) is 4.79 Å². The third-order valence-corrected chi connectivity index (χ3v) is 5.03. The second-order valence-corrected chi connectivity index (χ2v) is 7.01. The summed E-state index contributed by atoms with van der Waals surface area (Å²) in [6.45, 7) is 4.04. The second-order valence-electron chi connectivity index (χ2n) is 6.65. The van der Waals surface area contributed by atoms with Gasteiger partial charge in [-0.1, -0.05) is 23.7 Å². The molecule has 2 aromatic heterocycles. The van der Waals surface area contributed by atoms with Crippen LogP contribution in [0.5, 0.6) is 0 Å². The van der Waals surface area contributed by atoms with Crippen molar-refractivity contribution in [3.63, 3.8) is 0 Å². The molecule has 150 valence electrons. The summed E-state index contributed by atoms with van der Waals surface area (Å²) in [7, 11) is 0. The van der Waals surface area contributed by atoms with Crippen molar-refractivity contribution in [2.45, 2.75) is 26.8 Å². The number of carbonyl (C=O) groups excluding carboxylic acids is 2. The van der Waals surface area contributed by atoms with Gasteiger partial charge in [0.2, 0.25) is 5.78 Å². The Balaban J connectivity index is 1.65. The lowest BCUT2D eigenvalue weighted by Crippen LogP contribution is -2.15. The molecule has 0 spiro atoms. The van der Waals surface area contributed by atoms with E-state index in [0.29, 0.717) is 18.5 Å². The van der Waals surface area contributed by atoms with Crippen molar-refractivity contribution in [2.24, 2.45) is 0 Å². The van der Waals surface area contributed by atoms with E-state index in [2.05, 4.69) is 4.98 Å². The van der Waals surface area contributed by atoms with Gasteiger partial charge >= 0.3 is 5.97 Å². The Kier molecular flexibility index (Phi) is 6.44. The predicted octanol–water partition coefficient (Wildman–Crippen LogP) is 4.57. The highest BCUT2D eigenvalue weighted by Crippen LogP contribution is 2.18. The van der Waals surface area contributed by atoms with Gasteiger partial charge in [0.15, 0.2) is 6.61 Å². The molecule has 0 aliphatic heterocycles. The number of benzene rings is 1. The molecule has 29 heavy (non-hydrogen) atoms. The summed E-state index contributed by atoms with van der Waals surface area (Å²) < 4.78 is 20.2. The first-order valence-electron chi connectivity index (χ1n) is 9.09. The number of hydrogen-bond acceptors (Lipinski definition) is 4. The van der Waals surface area contributed by atoms with Crippen LogP contribution in [0.2, 0.25) is 5.15 Å². The Hall–Kier alpha value is -2.99. The second kappa shape index (κ2) is 9.01. The molecule has 0 bridgehead atoms. The third-order valence-electron chi connectivity index (χ3n) is 4.72. The van der Waals surface area contributed by atoms with Crippen molar-refractivity contribution in [1.29, 1.82) is 0 Å². The van der Waals surface area contributed by atoms with Gasteiger partial charge in [0.1, 0.15) is 11.0 Å². The number of nitrogens with zero attached hydrogens (tertiary/aromatic N) is 2. The number of Topliss-reactive ketones (excluding diaryl/α,β-unsaturated/α-hetero) is 1. The maximum absolute atomic E-state index is 13.0. The van der Waals surface area contributed by atoms with Crippen LogP contribution in [0.1, 0.15) is 37.7 Å². The number of pyridine rings is 1. The average Bonchev–Trinajstić information content (AvgIpc) is 2.99. The van der Waals surface area contributed by atoms with E-state index >= 15 is 0 Å². The van der Waals surface area contributed by atoms with Crippen molar-refractivity contribution in [2.75, 3.05) is 6.61 Å². The van der Waals surface area contributed by atoms with Crippen LogP contribution in [0.15, 0.2) is 48.7 Å². The summed E-state index contributed by atoms with van der Waals surface area (Å²) in [4.78, 5) is 28.5. The molecule has 0 amide bonds. The monoisotopic (exact) mass is 414 g/mol. The van der Waals surface area contributed by atoms with Gasteiger partial charge in [-0.05, 0) is 56.2 Å². The molecule has 0 fully saturated rings. The van der Waals surface area contributed by atoms with Crippen molar-refractivity contribution >= 4 is 23.4 Å². The first kappa shape index (κ1) is 20.7. The number of esters is 1. The first-order valence-corrected chi connectivity index (χ1v) is 9.46. The summed E-state index contributed by atoms with van der Waals surface area (Å²) in [5, 5.41) is 0.0314. The Morgan fingerprint density at radius 2 is 1.86 bits per heavy atom. The minimum absolute atomic E-state index is 0.0314. The number of ketones is 1. The molecule has 0 N–H and O–H groups in total. The Bertz CT molecular complexity index is 1040. The number of halogens is 2. The highest BCUT2D eigenvalue weighted by molar-refractivity contribution is 6.32. The molecule has 5 nitrogen and oxygen atoms in total. The van der Waals surface area contributed by atoms with E-state index in [1.807, 2.05) is 18.4 Å². The quantitative estimate of drug-likeness (QED) is 0.322. The fourth-order valence-corrected chi connectivity index (χ4v) is 3.34. The average molecular weight is 415 g/mol. The van der Waals surface area contributed by atoms with E-state index in [9.17, 15) is 14.0 Å². The molecule has 2 heterocycles. The fourth-order valence-electron chi connectivity index (χ4n) is 3.14. The van der Waals surface area contributed by atoms with E-state index in [1.165, 1.54) is 24.4 Å². The van der Waals surface area contributed by atoms with Gasteiger partial charge < -0.3 is 9.30 Å². The van der Waals surface area contributed by atoms with Crippen LogP contribution in [0.4, 0.5) is 4.39 Å². The van der Waals surface area contributed by atoms with Crippen LogP contribution in [-0.2, 0) is 17.7 Å².